The van der Waals surface area contributed by atoms with Crippen LogP contribution in [0.15, 0.2) is 54.6 Å². The van der Waals surface area contributed by atoms with E-state index in [1.54, 1.807) is 20.3 Å². The van der Waals surface area contributed by atoms with E-state index in [4.69, 9.17) is 9.47 Å². The lowest BCUT2D eigenvalue weighted by molar-refractivity contribution is 0.413. The van der Waals surface area contributed by atoms with Crippen molar-refractivity contribution in [1.29, 1.82) is 0 Å². The third-order valence-corrected chi connectivity index (χ3v) is 6.29. The highest BCUT2D eigenvalue weighted by Gasteiger charge is 2.37. The van der Waals surface area contributed by atoms with Gasteiger partial charge in [-0.2, -0.15) is 0 Å². The van der Waals surface area contributed by atoms with E-state index in [1.165, 1.54) is 34.5 Å². The highest BCUT2D eigenvalue weighted by Crippen LogP contribution is 2.50. The van der Waals surface area contributed by atoms with Gasteiger partial charge in [-0.1, -0.05) is 12.1 Å². The van der Waals surface area contributed by atoms with E-state index in [9.17, 15) is 4.39 Å². The van der Waals surface area contributed by atoms with Crippen LogP contribution in [0.1, 0.15) is 30.5 Å². The van der Waals surface area contributed by atoms with Crippen molar-refractivity contribution >= 4 is 17.1 Å². The molecule has 5 heteroatoms. The lowest BCUT2D eigenvalue weighted by Gasteiger charge is -2.34. The Bertz CT molecular complexity index is 1260. The highest BCUT2D eigenvalue weighted by atomic mass is 19.1. The van der Waals surface area contributed by atoms with Gasteiger partial charge in [-0.25, -0.2) is 4.39 Å². The average molecular weight is 431 g/mol. The zero-order chi connectivity index (χ0) is 22.6. The molecule has 2 heterocycles. The maximum Gasteiger partial charge on any atom is 0.129 e. The number of nitrogens with zero attached hydrogens (tertiary/aromatic N) is 1. The van der Waals surface area contributed by atoms with Crippen LogP contribution in [0, 0.1) is 12.7 Å². The van der Waals surface area contributed by atoms with Crippen LogP contribution in [0.2, 0.25) is 0 Å². The predicted molar refractivity (Wildman–Crippen MR) is 128 cm³/mol. The molecule has 4 nitrogen and oxygen atoms in total. The first-order valence-corrected chi connectivity index (χ1v) is 10.7. The van der Waals surface area contributed by atoms with Gasteiger partial charge in [0.2, 0.25) is 0 Å². The summed E-state index contributed by atoms with van der Waals surface area (Å²) >= 11 is 0. The van der Waals surface area contributed by atoms with E-state index in [-0.39, 0.29) is 11.4 Å². The Balaban J connectivity index is 1.73. The molecule has 0 atom stereocenters. The second-order valence-electron chi connectivity index (χ2n) is 8.97. The molecule has 0 spiro atoms. The molecule has 2 aliphatic rings. The van der Waals surface area contributed by atoms with Crippen LogP contribution in [0.3, 0.4) is 0 Å². The number of halogens is 1. The minimum Gasteiger partial charge on any atom is -0.497 e. The first-order valence-electron chi connectivity index (χ1n) is 10.7. The second-order valence-corrected chi connectivity index (χ2v) is 8.97. The third kappa shape index (κ3) is 3.20. The molecule has 0 saturated carbocycles. The van der Waals surface area contributed by atoms with Gasteiger partial charge in [-0.3, -0.25) is 0 Å². The van der Waals surface area contributed by atoms with Crippen LogP contribution >= 0.6 is 0 Å². The number of nitrogens with one attached hydrogen (secondary N) is 1. The zero-order valence-electron chi connectivity index (χ0n) is 19.0. The monoisotopic (exact) mass is 430 g/mol. The van der Waals surface area contributed by atoms with E-state index in [0.29, 0.717) is 12.3 Å². The number of rotatable bonds is 4. The van der Waals surface area contributed by atoms with Crippen molar-refractivity contribution in [2.45, 2.75) is 32.9 Å². The van der Waals surface area contributed by atoms with Gasteiger partial charge in [0.25, 0.3) is 0 Å². The van der Waals surface area contributed by atoms with Crippen LogP contribution in [-0.2, 0) is 6.54 Å². The largest absolute Gasteiger partial charge is 0.497 e. The average Bonchev–Trinajstić information content (AvgIpc) is 3.13. The topological polar surface area (TPSA) is 33.7 Å². The third-order valence-electron chi connectivity index (χ3n) is 6.29. The molecule has 0 aromatic heterocycles. The Kier molecular flexibility index (Phi) is 4.66. The summed E-state index contributed by atoms with van der Waals surface area (Å²) in [6, 6.07) is 15.1. The van der Waals surface area contributed by atoms with Crippen molar-refractivity contribution in [3.63, 3.8) is 0 Å². The maximum absolute atomic E-state index is 13.9. The first-order chi connectivity index (χ1) is 15.3. The predicted octanol–water partition coefficient (Wildman–Crippen LogP) is 6.38. The van der Waals surface area contributed by atoms with Crippen LogP contribution in [0.4, 0.5) is 15.8 Å². The van der Waals surface area contributed by atoms with Gasteiger partial charge < -0.3 is 19.7 Å². The van der Waals surface area contributed by atoms with Crippen molar-refractivity contribution in [3.05, 3.63) is 77.1 Å². The van der Waals surface area contributed by atoms with Crippen LogP contribution in [-0.4, -0.2) is 19.8 Å². The van der Waals surface area contributed by atoms with Crippen molar-refractivity contribution < 1.29 is 13.9 Å². The fraction of sp³-hybridized carbons (Fsp3) is 0.259. The van der Waals surface area contributed by atoms with E-state index in [0.717, 1.165) is 28.3 Å². The number of methoxy groups -OCH3 is 2. The van der Waals surface area contributed by atoms with Gasteiger partial charge in [0.05, 0.1) is 19.8 Å². The molecule has 0 radical (unpaired) electrons. The highest BCUT2D eigenvalue weighted by molar-refractivity contribution is 5.97. The Morgan fingerprint density at radius 1 is 0.969 bits per heavy atom. The van der Waals surface area contributed by atoms with Gasteiger partial charge in [-0.15, -0.1) is 0 Å². The fourth-order valence-electron chi connectivity index (χ4n) is 4.82. The maximum atomic E-state index is 13.9. The molecule has 1 N–H and O–H groups in total. The SMILES string of the molecule is COc1ccc(C)c(N2Cc3c(-c4ccc(F)cc4OC)ccc4c3C2=CC(C)(C)N4)c1. The van der Waals surface area contributed by atoms with E-state index in [1.807, 2.05) is 6.07 Å². The quantitative estimate of drug-likeness (QED) is 0.520. The fourth-order valence-corrected chi connectivity index (χ4v) is 4.82. The smallest absolute Gasteiger partial charge is 0.129 e. The number of benzene rings is 3. The lowest BCUT2D eigenvalue weighted by Crippen LogP contribution is -2.33. The summed E-state index contributed by atoms with van der Waals surface area (Å²) in [4.78, 5) is 2.36. The molecule has 5 rings (SSSR count). The van der Waals surface area contributed by atoms with Crippen molar-refractivity contribution in [1.82, 2.24) is 0 Å². The molecule has 0 saturated heterocycles. The van der Waals surface area contributed by atoms with Gasteiger partial charge in [-0.05, 0) is 67.8 Å². The van der Waals surface area contributed by atoms with Crippen LogP contribution in [0.5, 0.6) is 11.5 Å². The van der Waals surface area contributed by atoms with Crippen molar-refractivity contribution in [3.8, 4) is 22.6 Å². The molecule has 0 aliphatic carbocycles. The minimum absolute atomic E-state index is 0.190. The standard InChI is InChI=1S/C27H27FN2O2/c1-16-6-8-18(31-4)13-23(16)30-15-21-19(20-9-7-17(28)12-25(20)32-5)10-11-22-26(21)24(30)14-27(2,3)29-22/h6-14,29H,15H2,1-5H3. The van der Waals surface area contributed by atoms with Gasteiger partial charge in [0, 0.05) is 46.9 Å². The molecule has 2 aliphatic heterocycles. The summed E-state index contributed by atoms with van der Waals surface area (Å²) in [7, 11) is 3.27. The molecule has 0 fully saturated rings. The number of anilines is 2. The number of aryl methyl sites for hydroxylation is 1. The second kappa shape index (κ2) is 7.30. The summed E-state index contributed by atoms with van der Waals surface area (Å²) < 4.78 is 24.9. The molecular formula is C27H27FN2O2. The molecular weight excluding hydrogens is 403 g/mol. The zero-order valence-corrected chi connectivity index (χ0v) is 19.0. The molecule has 3 aromatic rings. The van der Waals surface area contributed by atoms with E-state index < -0.39 is 0 Å². The van der Waals surface area contributed by atoms with E-state index >= 15 is 0 Å². The molecule has 0 unspecified atom stereocenters. The summed E-state index contributed by atoms with van der Waals surface area (Å²) in [5.74, 6) is 1.06. The Labute approximate surface area is 188 Å². The van der Waals surface area contributed by atoms with Gasteiger partial charge in [0.15, 0.2) is 0 Å². The van der Waals surface area contributed by atoms with E-state index in [2.05, 4.69) is 61.3 Å². The summed E-state index contributed by atoms with van der Waals surface area (Å²) in [6.07, 6.45) is 2.29. The summed E-state index contributed by atoms with van der Waals surface area (Å²) in [5, 5.41) is 3.65. The Hall–Kier alpha value is -3.47. The molecule has 164 valence electrons. The minimum atomic E-state index is -0.308. The summed E-state index contributed by atoms with van der Waals surface area (Å²) in [5.41, 5.74) is 8.72. The number of hydrogen-bond acceptors (Lipinski definition) is 4. The molecule has 0 bridgehead atoms. The first kappa shape index (κ1) is 20.4. The van der Waals surface area contributed by atoms with Crippen molar-refractivity contribution in [2.75, 3.05) is 24.4 Å². The summed E-state index contributed by atoms with van der Waals surface area (Å²) in [6.45, 7) is 7.18. The lowest BCUT2D eigenvalue weighted by atomic mass is 9.89. The molecule has 0 amide bonds. The van der Waals surface area contributed by atoms with Gasteiger partial charge >= 0.3 is 0 Å². The van der Waals surface area contributed by atoms with Crippen LogP contribution in [0.25, 0.3) is 16.8 Å². The Morgan fingerprint density at radius 3 is 2.50 bits per heavy atom. The number of ether oxygens (including phenoxy) is 2. The van der Waals surface area contributed by atoms with Crippen LogP contribution < -0.4 is 19.7 Å². The Morgan fingerprint density at radius 2 is 1.75 bits per heavy atom. The normalized spacial score (nSPS) is 15.7. The van der Waals surface area contributed by atoms with Crippen molar-refractivity contribution in [2.24, 2.45) is 0 Å². The molecule has 32 heavy (non-hydrogen) atoms. The number of hydrogen-bond donors (Lipinski definition) is 1. The van der Waals surface area contributed by atoms with Gasteiger partial charge in [0.1, 0.15) is 17.3 Å². The molecule has 3 aromatic carbocycles.